The molecule has 0 amide bonds. The van der Waals surface area contributed by atoms with Crippen molar-refractivity contribution in [2.75, 3.05) is 32.6 Å². The van der Waals surface area contributed by atoms with E-state index in [9.17, 15) is 10.1 Å². The Hall–Kier alpha value is -4.64. The molecule has 0 aliphatic rings. The Balaban J connectivity index is 0.00000181. The van der Waals surface area contributed by atoms with E-state index < -0.39 is 4.92 Å². The van der Waals surface area contributed by atoms with Gasteiger partial charge in [-0.2, -0.15) is 5.10 Å². The summed E-state index contributed by atoms with van der Waals surface area (Å²) in [6, 6.07) is 13.2. The molecule has 3 heterocycles. The highest BCUT2D eigenvalue weighted by Gasteiger charge is 2.19. The molecule has 11 heteroatoms. The summed E-state index contributed by atoms with van der Waals surface area (Å²) in [5.41, 5.74) is 5.51. The van der Waals surface area contributed by atoms with Crippen molar-refractivity contribution in [1.82, 2.24) is 29.5 Å². The van der Waals surface area contributed by atoms with Crippen LogP contribution in [0.4, 0.5) is 17.2 Å². The van der Waals surface area contributed by atoms with Crippen LogP contribution in [-0.2, 0) is 6.42 Å². The lowest BCUT2D eigenvalue weighted by Gasteiger charge is -2.13. The molecule has 3 aromatic heterocycles. The van der Waals surface area contributed by atoms with Gasteiger partial charge < -0.3 is 15.0 Å². The fraction of sp³-hybridized carbons (Fsp3) is 0.310. The maximum absolute atomic E-state index is 11.8. The van der Waals surface area contributed by atoms with Gasteiger partial charge in [-0.05, 0) is 74.8 Å². The summed E-state index contributed by atoms with van der Waals surface area (Å²) in [4.78, 5) is 26.4. The van der Waals surface area contributed by atoms with Crippen LogP contribution in [-0.4, -0.2) is 61.6 Å². The van der Waals surface area contributed by atoms with Gasteiger partial charge in [0.15, 0.2) is 11.4 Å². The van der Waals surface area contributed by atoms with Crippen molar-refractivity contribution < 1.29 is 9.66 Å². The number of hydrogen-bond acceptors (Lipinski definition) is 9. The number of benzene rings is 2. The van der Waals surface area contributed by atoms with Gasteiger partial charge in [0.1, 0.15) is 18.5 Å². The monoisotopic (exact) mass is 542 g/mol. The average Bonchev–Trinajstić information content (AvgIpc) is 3.41. The molecule has 208 valence electrons. The highest BCUT2D eigenvalue weighted by Crippen LogP contribution is 2.35. The minimum absolute atomic E-state index is 0.114. The third-order valence-corrected chi connectivity index (χ3v) is 6.26. The first-order chi connectivity index (χ1) is 19.4. The zero-order chi connectivity index (χ0) is 28.6. The van der Waals surface area contributed by atoms with Gasteiger partial charge in [-0.25, -0.2) is 19.5 Å². The fourth-order valence-electron chi connectivity index (χ4n) is 4.29. The van der Waals surface area contributed by atoms with Gasteiger partial charge in [-0.3, -0.25) is 10.1 Å². The van der Waals surface area contributed by atoms with Gasteiger partial charge in [0.2, 0.25) is 0 Å². The Morgan fingerprint density at radius 1 is 1.05 bits per heavy atom. The van der Waals surface area contributed by atoms with Crippen LogP contribution < -0.4 is 10.1 Å². The first-order valence-corrected chi connectivity index (χ1v) is 13.2. The van der Waals surface area contributed by atoms with Crippen LogP contribution >= 0.6 is 0 Å². The summed E-state index contributed by atoms with van der Waals surface area (Å²) in [6.45, 7) is 7.26. The molecule has 40 heavy (non-hydrogen) atoms. The highest BCUT2D eigenvalue weighted by molar-refractivity contribution is 5.93. The molecule has 5 aromatic rings. The number of nitro groups is 1. The topological polar surface area (TPSA) is 124 Å². The standard InChI is InChI=1S/C27H28N8O3.C2H6/c1-18-11-21(6-5-20(18)12-19-7-9-34-26(13-19)29-17-31-34)32-27-22-14-24(35(36)37)25(15-23(22)28-16-30-27)38-10-4-8-33(2)3;1-2/h5-7,9,11,13-17H,4,8,10,12H2,1-3H3,(H,28,30,32);1-2H3. The number of nitrogens with one attached hydrogen (secondary N) is 1. The van der Waals surface area contributed by atoms with Crippen LogP contribution in [0, 0.1) is 17.0 Å². The largest absolute Gasteiger partial charge is 0.487 e. The minimum Gasteiger partial charge on any atom is -0.487 e. The van der Waals surface area contributed by atoms with Crippen molar-refractivity contribution in [3.05, 3.63) is 88.1 Å². The third-order valence-electron chi connectivity index (χ3n) is 6.26. The van der Waals surface area contributed by atoms with Gasteiger partial charge >= 0.3 is 5.69 Å². The van der Waals surface area contributed by atoms with Crippen molar-refractivity contribution in [2.45, 2.75) is 33.6 Å². The van der Waals surface area contributed by atoms with E-state index in [4.69, 9.17) is 4.74 Å². The molecule has 5 rings (SSSR count). The summed E-state index contributed by atoms with van der Waals surface area (Å²) in [5.74, 6) is 0.692. The second kappa shape index (κ2) is 12.9. The molecule has 0 aliphatic carbocycles. The number of anilines is 2. The lowest BCUT2D eigenvalue weighted by Crippen LogP contribution is -2.15. The normalized spacial score (nSPS) is 10.9. The van der Waals surface area contributed by atoms with E-state index in [1.54, 1.807) is 10.6 Å². The van der Waals surface area contributed by atoms with Crippen molar-refractivity contribution in [3.8, 4) is 5.75 Å². The van der Waals surface area contributed by atoms with Crippen LogP contribution in [0.25, 0.3) is 16.6 Å². The Morgan fingerprint density at radius 2 is 1.88 bits per heavy atom. The molecule has 0 saturated heterocycles. The number of hydrogen-bond donors (Lipinski definition) is 1. The van der Waals surface area contributed by atoms with E-state index in [1.807, 2.05) is 63.3 Å². The predicted molar refractivity (Wildman–Crippen MR) is 156 cm³/mol. The van der Waals surface area contributed by atoms with Crippen molar-refractivity contribution in [2.24, 2.45) is 0 Å². The third kappa shape index (κ3) is 6.67. The number of rotatable bonds is 10. The summed E-state index contributed by atoms with van der Waals surface area (Å²) in [7, 11) is 3.94. The van der Waals surface area contributed by atoms with Crippen LogP contribution in [0.5, 0.6) is 5.75 Å². The first-order valence-electron chi connectivity index (χ1n) is 13.2. The molecular weight excluding hydrogens is 508 g/mol. The minimum atomic E-state index is -0.437. The summed E-state index contributed by atoms with van der Waals surface area (Å²) < 4.78 is 7.49. The highest BCUT2D eigenvalue weighted by atomic mass is 16.6. The number of nitro benzene ring substituents is 1. The molecular formula is C29H34N8O3. The van der Waals surface area contributed by atoms with Crippen molar-refractivity contribution in [1.29, 1.82) is 0 Å². The summed E-state index contributed by atoms with van der Waals surface area (Å²) in [5, 5.41) is 19.8. The molecule has 0 aliphatic heterocycles. The van der Waals surface area contributed by atoms with Gasteiger partial charge in [0, 0.05) is 30.6 Å². The van der Waals surface area contributed by atoms with Crippen LogP contribution in [0.1, 0.15) is 37.0 Å². The van der Waals surface area contributed by atoms with Crippen LogP contribution in [0.2, 0.25) is 0 Å². The van der Waals surface area contributed by atoms with Gasteiger partial charge in [-0.1, -0.05) is 19.9 Å². The summed E-state index contributed by atoms with van der Waals surface area (Å²) in [6.07, 6.45) is 6.39. The molecule has 2 aromatic carbocycles. The van der Waals surface area contributed by atoms with Gasteiger partial charge in [0.25, 0.3) is 0 Å². The molecule has 1 N–H and O–H groups in total. The van der Waals surface area contributed by atoms with Crippen molar-refractivity contribution >= 4 is 33.7 Å². The quantitative estimate of drug-likeness (QED) is 0.137. The molecule has 0 radical (unpaired) electrons. The number of ether oxygens (including phenoxy) is 1. The van der Waals surface area contributed by atoms with E-state index in [0.29, 0.717) is 23.3 Å². The smallest absolute Gasteiger partial charge is 0.311 e. The van der Waals surface area contributed by atoms with E-state index in [-0.39, 0.29) is 11.4 Å². The summed E-state index contributed by atoms with van der Waals surface area (Å²) >= 11 is 0. The number of nitrogens with zero attached hydrogens (tertiary/aromatic N) is 7. The Morgan fingerprint density at radius 3 is 2.62 bits per heavy atom. The Bertz CT molecular complexity index is 1620. The maximum Gasteiger partial charge on any atom is 0.311 e. The molecule has 0 unspecified atom stereocenters. The van der Waals surface area contributed by atoms with E-state index in [1.165, 1.54) is 24.3 Å². The number of aromatic nitrogens is 5. The molecule has 0 saturated carbocycles. The van der Waals surface area contributed by atoms with Crippen LogP contribution in [0.15, 0.2) is 61.3 Å². The van der Waals surface area contributed by atoms with Crippen LogP contribution in [0.3, 0.4) is 0 Å². The number of fused-ring (bicyclic) bond motifs is 2. The lowest BCUT2D eigenvalue weighted by atomic mass is 10.0. The number of pyridine rings is 1. The first kappa shape index (κ1) is 28.4. The molecule has 0 fully saturated rings. The van der Waals surface area contributed by atoms with Gasteiger partial charge in [0.05, 0.1) is 22.4 Å². The van der Waals surface area contributed by atoms with E-state index in [0.717, 1.165) is 41.8 Å². The Kier molecular flexibility index (Phi) is 9.18. The van der Waals surface area contributed by atoms with Gasteiger partial charge in [-0.15, -0.1) is 0 Å². The van der Waals surface area contributed by atoms with Crippen molar-refractivity contribution in [3.63, 3.8) is 0 Å². The molecule has 0 spiro atoms. The molecule has 0 atom stereocenters. The zero-order valence-corrected chi connectivity index (χ0v) is 23.5. The SMILES string of the molecule is CC.Cc1cc(Nc2ncnc3cc(OCCCN(C)C)c([N+](=O)[O-])cc23)ccc1Cc1ccn2ncnc2c1. The maximum atomic E-state index is 11.8. The lowest BCUT2D eigenvalue weighted by molar-refractivity contribution is -0.385. The Labute approximate surface area is 233 Å². The second-order valence-corrected chi connectivity index (χ2v) is 9.36. The van der Waals surface area contributed by atoms with E-state index >= 15 is 0 Å². The molecule has 11 nitrogen and oxygen atoms in total. The van der Waals surface area contributed by atoms with E-state index in [2.05, 4.69) is 38.4 Å². The molecule has 0 bridgehead atoms. The second-order valence-electron chi connectivity index (χ2n) is 9.36. The average molecular weight is 543 g/mol. The zero-order valence-electron chi connectivity index (χ0n) is 23.5. The number of aryl methyl sites for hydroxylation is 1. The fourth-order valence-corrected chi connectivity index (χ4v) is 4.29. The predicted octanol–water partition coefficient (Wildman–Crippen LogP) is 5.58.